The fourth-order valence-electron chi connectivity index (χ4n) is 3.31. The zero-order valence-corrected chi connectivity index (χ0v) is 14.7. The van der Waals surface area contributed by atoms with E-state index in [0.717, 1.165) is 38.8 Å². The highest BCUT2D eigenvalue weighted by molar-refractivity contribution is 5.88. The summed E-state index contributed by atoms with van der Waals surface area (Å²) in [7, 11) is 1.69. The molecule has 25 heavy (non-hydrogen) atoms. The summed E-state index contributed by atoms with van der Waals surface area (Å²) < 4.78 is 6.88. The molecule has 3 rings (SSSR count). The summed E-state index contributed by atoms with van der Waals surface area (Å²) >= 11 is 0. The number of likely N-dealkylation sites (tertiary alicyclic amines) is 1. The van der Waals surface area contributed by atoms with Crippen LogP contribution in [0.5, 0.6) is 0 Å². The highest BCUT2D eigenvalue weighted by Crippen LogP contribution is 2.22. The summed E-state index contributed by atoms with van der Waals surface area (Å²) in [5, 5.41) is 7.34. The van der Waals surface area contributed by atoms with Crippen molar-refractivity contribution >= 4 is 11.8 Å². The summed E-state index contributed by atoms with van der Waals surface area (Å²) in [4.78, 5) is 14.6. The van der Waals surface area contributed by atoms with Gasteiger partial charge in [-0.05, 0) is 31.2 Å². The van der Waals surface area contributed by atoms with Gasteiger partial charge in [-0.25, -0.2) is 4.79 Å². The lowest BCUT2D eigenvalue weighted by atomic mass is 10.0. The van der Waals surface area contributed by atoms with Crippen LogP contribution in [-0.2, 0) is 17.7 Å². The normalized spacial score (nSPS) is 17.0. The van der Waals surface area contributed by atoms with Crippen LogP contribution < -0.4 is 5.32 Å². The molecule has 1 saturated heterocycles. The standard InChI is InChI=1S/C19H26N4O2/c1-25-14-6-11-22-13-10-18(21-22)20-19(24)23-12-5-9-17(23)15-16-7-3-2-4-8-16/h2-4,7-8,10,13,17H,5-6,9,11-12,14-15H2,1H3,(H,20,21,24)/t17-/m0/s1. The molecular weight excluding hydrogens is 316 g/mol. The molecule has 6 nitrogen and oxygen atoms in total. The fraction of sp³-hybridized carbons (Fsp3) is 0.474. The molecule has 0 bridgehead atoms. The van der Waals surface area contributed by atoms with Crippen molar-refractivity contribution in [3.05, 3.63) is 48.2 Å². The van der Waals surface area contributed by atoms with E-state index in [1.807, 2.05) is 40.0 Å². The minimum absolute atomic E-state index is 0.0550. The minimum atomic E-state index is -0.0550. The number of amides is 2. The van der Waals surface area contributed by atoms with Gasteiger partial charge in [0.2, 0.25) is 0 Å². The van der Waals surface area contributed by atoms with Crippen LogP contribution in [0.4, 0.5) is 10.6 Å². The fourth-order valence-corrected chi connectivity index (χ4v) is 3.31. The average molecular weight is 342 g/mol. The van der Waals surface area contributed by atoms with E-state index in [1.54, 1.807) is 7.11 Å². The molecule has 2 amide bonds. The molecule has 0 aliphatic carbocycles. The highest BCUT2D eigenvalue weighted by atomic mass is 16.5. The number of anilines is 1. The number of aryl methyl sites for hydroxylation is 1. The lowest BCUT2D eigenvalue weighted by Crippen LogP contribution is -2.39. The molecule has 2 aromatic rings. The second kappa shape index (κ2) is 8.67. The van der Waals surface area contributed by atoms with Gasteiger partial charge in [-0.3, -0.25) is 10.00 Å². The summed E-state index contributed by atoms with van der Waals surface area (Å²) in [6.45, 7) is 2.29. The van der Waals surface area contributed by atoms with Crippen molar-refractivity contribution in [2.75, 3.05) is 25.6 Å². The van der Waals surface area contributed by atoms with Gasteiger partial charge < -0.3 is 9.64 Å². The van der Waals surface area contributed by atoms with Crippen LogP contribution in [-0.4, -0.2) is 47.0 Å². The summed E-state index contributed by atoms with van der Waals surface area (Å²) in [5.74, 6) is 0.604. The Bertz CT molecular complexity index is 671. The van der Waals surface area contributed by atoms with Crippen LogP contribution >= 0.6 is 0 Å². The number of hydrogen-bond donors (Lipinski definition) is 1. The molecule has 0 radical (unpaired) electrons. The summed E-state index contributed by atoms with van der Waals surface area (Å²) in [5.41, 5.74) is 1.27. The molecule has 6 heteroatoms. The number of nitrogens with zero attached hydrogens (tertiary/aromatic N) is 3. The van der Waals surface area contributed by atoms with Gasteiger partial charge in [-0.1, -0.05) is 30.3 Å². The maximum absolute atomic E-state index is 12.6. The number of hydrogen-bond acceptors (Lipinski definition) is 3. The van der Waals surface area contributed by atoms with Crippen LogP contribution in [0.15, 0.2) is 42.6 Å². The van der Waals surface area contributed by atoms with Crippen LogP contribution in [0.3, 0.4) is 0 Å². The monoisotopic (exact) mass is 342 g/mol. The van der Waals surface area contributed by atoms with Crippen molar-refractivity contribution in [1.29, 1.82) is 0 Å². The first-order chi connectivity index (χ1) is 12.3. The van der Waals surface area contributed by atoms with E-state index in [9.17, 15) is 4.79 Å². The van der Waals surface area contributed by atoms with E-state index in [0.29, 0.717) is 12.4 Å². The van der Waals surface area contributed by atoms with Gasteiger partial charge in [-0.15, -0.1) is 0 Å². The molecule has 1 N–H and O–H groups in total. The SMILES string of the molecule is COCCCn1ccc(NC(=O)N2CCC[C@H]2Cc2ccccc2)n1. The number of methoxy groups -OCH3 is 1. The van der Waals surface area contributed by atoms with E-state index in [-0.39, 0.29) is 12.1 Å². The average Bonchev–Trinajstić information content (AvgIpc) is 3.26. The summed E-state index contributed by atoms with van der Waals surface area (Å²) in [6, 6.07) is 12.4. The first-order valence-corrected chi connectivity index (χ1v) is 8.90. The Morgan fingerprint density at radius 3 is 2.96 bits per heavy atom. The molecule has 1 fully saturated rings. The number of ether oxygens (including phenoxy) is 1. The maximum Gasteiger partial charge on any atom is 0.323 e. The number of urea groups is 1. The van der Waals surface area contributed by atoms with E-state index in [4.69, 9.17) is 4.74 Å². The third-order valence-electron chi connectivity index (χ3n) is 4.56. The van der Waals surface area contributed by atoms with Crippen molar-refractivity contribution in [1.82, 2.24) is 14.7 Å². The molecule has 0 saturated carbocycles. The molecule has 1 aromatic carbocycles. The number of carbonyl (C=O) groups excluding carboxylic acids is 1. The van der Waals surface area contributed by atoms with Crippen molar-refractivity contribution < 1.29 is 9.53 Å². The largest absolute Gasteiger partial charge is 0.385 e. The van der Waals surface area contributed by atoms with Gasteiger partial charge in [0.1, 0.15) is 0 Å². The third-order valence-corrected chi connectivity index (χ3v) is 4.56. The second-order valence-electron chi connectivity index (χ2n) is 6.42. The van der Waals surface area contributed by atoms with Gasteiger partial charge in [0.05, 0.1) is 0 Å². The molecule has 1 aliphatic heterocycles. The topological polar surface area (TPSA) is 59.4 Å². The Morgan fingerprint density at radius 1 is 1.32 bits per heavy atom. The Balaban J connectivity index is 1.55. The smallest absolute Gasteiger partial charge is 0.323 e. The number of carbonyl (C=O) groups is 1. The predicted molar refractivity (Wildman–Crippen MR) is 97.6 cm³/mol. The van der Waals surface area contributed by atoms with Gasteiger partial charge in [0.25, 0.3) is 0 Å². The van der Waals surface area contributed by atoms with E-state index in [1.165, 1.54) is 5.56 Å². The minimum Gasteiger partial charge on any atom is -0.385 e. The number of nitrogens with one attached hydrogen (secondary N) is 1. The van der Waals surface area contributed by atoms with Crippen LogP contribution in [0.25, 0.3) is 0 Å². The Hall–Kier alpha value is -2.34. The first-order valence-electron chi connectivity index (χ1n) is 8.90. The molecule has 1 aliphatic rings. The first kappa shape index (κ1) is 17.5. The number of benzene rings is 1. The molecule has 0 spiro atoms. The van der Waals surface area contributed by atoms with Gasteiger partial charge in [-0.2, -0.15) is 5.10 Å². The third kappa shape index (κ3) is 4.82. The highest BCUT2D eigenvalue weighted by Gasteiger charge is 2.29. The molecule has 0 unspecified atom stereocenters. The van der Waals surface area contributed by atoms with E-state index in [2.05, 4.69) is 22.5 Å². The van der Waals surface area contributed by atoms with Crippen molar-refractivity contribution in [2.45, 2.75) is 38.3 Å². The van der Waals surface area contributed by atoms with E-state index >= 15 is 0 Å². The van der Waals surface area contributed by atoms with Crippen LogP contribution in [0, 0.1) is 0 Å². The van der Waals surface area contributed by atoms with Crippen LogP contribution in [0.2, 0.25) is 0 Å². The van der Waals surface area contributed by atoms with Crippen molar-refractivity contribution in [2.24, 2.45) is 0 Å². The second-order valence-corrected chi connectivity index (χ2v) is 6.42. The molecule has 2 heterocycles. The molecule has 1 atom stereocenters. The van der Waals surface area contributed by atoms with Crippen LogP contribution in [0.1, 0.15) is 24.8 Å². The molecule has 1 aromatic heterocycles. The van der Waals surface area contributed by atoms with Gasteiger partial charge in [0.15, 0.2) is 5.82 Å². The Labute approximate surface area is 148 Å². The van der Waals surface area contributed by atoms with Gasteiger partial charge >= 0.3 is 6.03 Å². The lowest BCUT2D eigenvalue weighted by Gasteiger charge is -2.24. The summed E-state index contributed by atoms with van der Waals surface area (Å²) in [6.07, 6.45) is 5.79. The van der Waals surface area contributed by atoms with Crippen molar-refractivity contribution in [3.8, 4) is 0 Å². The van der Waals surface area contributed by atoms with Gasteiger partial charge in [0, 0.05) is 45.1 Å². The lowest BCUT2D eigenvalue weighted by molar-refractivity contribution is 0.189. The maximum atomic E-state index is 12.6. The van der Waals surface area contributed by atoms with Crippen molar-refractivity contribution in [3.63, 3.8) is 0 Å². The molecular formula is C19H26N4O2. The quantitative estimate of drug-likeness (QED) is 0.786. The Morgan fingerprint density at radius 2 is 2.16 bits per heavy atom. The zero-order chi connectivity index (χ0) is 17.5. The molecule has 134 valence electrons. The van der Waals surface area contributed by atoms with E-state index < -0.39 is 0 Å². The number of rotatable bonds is 7. The zero-order valence-electron chi connectivity index (χ0n) is 14.7. The Kier molecular flexibility index (Phi) is 6.06. The number of aromatic nitrogens is 2. The predicted octanol–water partition coefficient (Wildman–Crippen LogP) is 3.16.